The lowest BCUT2D eigenvalue weighted by molar-refractivity contribution is -0.384. The highest BCUT2D eigenvalue weighted by Crippen LogP contribution is 2.33. The highest BCUT2D eigenvalue weighted by molar-refractivity contribution is 14.1. The Balaban J connectivity index is 2.40. The summed E-state index contributed by atoms with van der Waals surface area (Å²) in [5.41, 5.74) is 1.02. The molecular formula is C12H7BrClIN2O2. The summed E-state index contributed by atoms with van der Waals surface area (Å²) in [6, 6.07) is 10.3. The van der Waals surface area contributed by atoms with E-state index < -0.39 is 4.92 Å². The number of hydrogen-bond acceptors (Lipinski definition) is 3. The molecule has 19 heavy (non-hydrogen) atoms. The first-order valence-electron chi connectivity index (χ1n) is 5.13. The fraction of sp³-hybridized carbons (Fsp3) is 0. The molecule has 0 aliphatic rings. The third kappa shape index (κ3) is 3.58. The van der Waals surface area contributed by atoms with Crippen LogP contribution in [0, 0.1) is 13.7 Å². The maximum atomic E-state index is 11.0. The highest BCUT2D eigenvalue weighted by Gasteiger charge is 2.15. The average Bonchev–Trinajstić information content (AvgIpc) is 2.34. The number of rotatable bonds is 3. The number of nitro groups is 1. The maximum Gasteiger partial charge on any atom is 0.293 e. The molecule has 2 rings (SSSR count). The third-order valence-electron chi connectivity index (χ3n) is 2.36. The molecular weight excluding hydrogens is 446 g/mol. The van der Waals surface area contributed by atoms with Crippen molar-refractivity contribution in [3.63, 3.8) is 0 Å². The maximum absolute atomic E-state index is 11.0. The number of nitro benzene ring substituents is 1. The van der Waals surface area contributed by atoms with E-state index in [9.17, 15) is 10.1 Å². The lowest BCUT2D eigenvalue weighted by Crippen LogP contribution is -1.97. The quantitative estimate of drug-likeness (QED) is 0.387. The first-order chi connectivity index (χ1) is 8.97. The van der Waals surface area contributed by atoms with E-state index in [0.717, 1.165) is 3.57 Å². The molecule has 0 amide bonds. The van der Waals surface area contributed by atoms with Crippen LogP contribution in [0.2, 0.25) is 5.02 Å². The molecule has 0 bridgehead atoms. The topological polar surface area (TPSA) is 55.2 Å². The Bertz CT molecular complexity index is 652. The van der Waals surface area contributed by atoms with Gasteiger partial charge in [-0.2, -0.15) is 0 Å². The van der Waals surface area contributed by atoms with Crippen molar-refractivity contribution in [2.45, 2.75) is 0 Å². The van der Waals surface area contributed by atoms with Gasteiger partial charge in [0.25, 0.3) is 5.69 Å². The van der Waals surface area contributed by atoms with Gasteiger partial charge in [-0.15, -0.1) is 0 Å². The summed E-state index contributed by atoms with van der Waals surface area (Å²) in [6.07, 6.45) is 0. The second kappa shape index (κ2) is 6.06. The number of anilines is 2. The lowest BCUT2D eigenvalue weighted by atomic mass is 10.2. The predicted octanol–water partition coefficient (Wildman–Crippen LogP) is 5.36. The first kappa shape index (κ1) is 14.5. The second-order valence-electron chi connectivity index (χ2n) is 3.67. The molecule has 0 atom stereocenters. The molecule has 98 valence electrons. The van der Waals surface area contributed by atoms with Gasteiger partial charge < -0.3 is 5.32 Å². The van der Waals surface area contributed by atoms with E-state index in [1.807, 2.05) is 6.07 Å². The molecule has 1 N–H and O–H groups in total. The molecule has 0 saturated carbocycles. The largest absolute Gasteiger partial charge is 0.349 e. The van der Waals surface area contributed by atoms with Crippen LogP contribution in [-0.2, 0) is 0 Å². The summed E-state index contributed by atoms with van der Waals surface area (Å²) < 4.78 is 1.65. The van der Waals surface area contributed by atoms with Gasteiger partial charge in [0.2, 0.25) is 0 Å². The van der Waals surface area contributed by atoms with Gasteiger partial charge in [-0.3, -0.25) is 10.1 Å². The van der Waals surface area contributed by atoms with Crippen LogP contribution in [0.5, 0.6) is 0 Å². The lowest BCUT2D eigenvalue weighted by Gasteiger charge is -2.09. The molecule has 0 unspecified atom stereocenters. The summed E-state index contributed by atoms with van der Waals surface area (Å²) in [6.45, 7) is 0. The molecule has 4 nitrogen and oxygen atoms in total. The Kier molecular flexibility index (Phi) is 4.64. The number of nitrogens with one attached hydrogen (secondary N) is 1. The molecule has 0 radical (unpaired) electrons. The monoisotopic (exact) mass is 452 g/mol. The summed E-state index contributed by atoms with van der Waals surface area (Å²) in [4.78, 5) is 10.6. The van der Waals surface area contributed by atoms with E-state index >= 15 is 0 Å². The van der Waals surface area contributed by atoms with Crippen molar-refractivity contribution >= 4 is 67.2 Å². The summed E-state index contributed by atoms with van der Waals surface area (Å²) in [5.74, 6) is 0. The second-order valence-corrected chi connectivity index (χ2v) is 6.24. The van der Waals surface area contributed by atoms with Crippen LogP contribution in [0.15, 0.2) is 40.9 Å². The zero-order valence-corrected chi connectivity index (χ0v) is 13.9. The molecule has 0 saturated heterocycles. The van der Waals surface area contributed by atoms with Gasteiger partial charge in [0, 0.05) is 14.1 Å². The van der Waals surface area contributed by atoms with Crippen molar-refractivity contribution in [2.24, 2.45) is 0 Å². The van der Waals surface area contributed by atoms with Gasteiger partial charge in [0.15, 0.2) is 0 Å². The minimum absolute atomic E-state index is 0.0102. The molecule has 0 heterocycles. The number of hydrogen-bond donors (Lipinski definition) is 1. The number of halogens is 3. The minimum atomic E-state index is -0.437. The summed E-state index contributed by atoms with van der Waals surface area (Å²) >= 11 is 11.5. The van der Waals surface area contributed by atoms with Crippen LogP contribution in [0.4, 0.5) is 17.1 Å². The van der Waals surface area contributed by atoms with Crippen LogP contribution >= 0.6 is 50.1 Å². The van der Waals surface area contributed by atoms with Crippen molar-refractivity contribution in [1.29, 1.82) is 0 Å². The van der Waals surface area contributed by atoms with Gasteiger partial charge in [-0.05, 0) is 52.9 Å². The van der Waals surface area contributed by atoms with E-state index in [2.05, 4.69) is 43.8 Å². The highest BCUT2D eigenvalue weighted by atomic mass is 127. The van der Waals surface area contributed by atoms with E-state index in [-0.39, 0.29) is 5.69 Å². The predicted molar refractivity (Wildman–Crippen MR) is 88.2 cm³/mol. The molecule has 2 aromatic rings. The Morgan fingerprint density at radius 3 is 2.53 bits per heavy atom. The number of nitrogens with zero attached hydrogens (tertiary/aromatic N) is 1. The molecule has 0 spiro atoms. The molecule has 0 aliphatic carbocycles. The SMILES string of the molecule is O=[N+]([O-])c1cc(Br)ccc1Nc1ccc(I)cc1Cl. The average molecular weight is 453 g/mol. The zero-order chi connectivity index (χ0) is 14.0. The Morgan fingerprint density at radius 1 is 1.21 bits per heavy atom. The van der Waals surface area contributed by atoms with E-state index in [1.165, 1.54) is 6.07 Å². The van der Waals surface area contributed by atoms with E-state index in [4.69, 9.17) is 11.6 Å². The van der Waals surface area contributed by atoms with Crippen LogP contribution in [0.3, 0.4) is 0 Å². The van der Waals surface area contributed by atoms with Gasteiger partial charge in [-0.1, -0.05) is 27.5 Å². The van der Waals surface area contributed by atoms with Gasteiger partial charge >= 0.3 is 0 Å². The van der Waals surface area contributed by atoms with Crippen molar-refractivity contribution in [1.82, 2.24) is 0 Å². The van der Waals surface area contributed by atoms with E-state index in [0.29, 0.717) is 20.9 Å². The Hall–Kier alpha value is -0.860. The van der Waals surface area contributed by atoms with Crippen molar-refractivity contribution in [3.05, 3.63) is 59.6 Å². The zero-order valence-electron chi connectivity index (χ0n) is 9.36. The standard InChI is InChI=1S/C12H7BrClIN2O2/c13-7-1-3-11(12(5-7)17(18)19)16-10-4-2-8(15)6-9(10)14/h1-6,16H. The molecule has 7 heteroatoms. The third-order valence-corrected chi connectivity index (χ3v) is 3.83. The van der Waals surface area contributed by atoms with Gasteiger partial charge in [0.05, 0.1) is 15.6 Å². The van der Waals surface area contributed by atoms with Crippen LogP contribution < -0.4 is 5.32 Å². The fourth-order valence-corrected chi connectivity index (χ4v) is 2.75. The van der Waals surface area contributed by atoms with Crippen molar-refractivity contribution < 1.29 is 4.92 Å². The van der Waals surface area contributed by atoms with Gasteiger partial charge in [-0.25, -0.2) is 0 Å². The minimum Gasteiger partial charge on any atom is -0.349 e. The normalized spacial score (nSPS) is 10.3. The number of benzene rings is 2. The summed E-state index contributed by atoms with van der Waals surface area (Å²) in [5, 5.41) is 14.5. The molecule has 0 aromatic heterocycles. The van der Waals surface area contributed by atoms with Crippen LogP contribution in [-0.4, -0.2) is 4.92 Å². The Labute approximate surface area is 136 Å². The molecule has 0 fully saturated rings. The Morgan fingerprint density at radius 2 is 1.89 bits per heavy atom. The van der Waals surface area contributed by atoms with Crippen LogP contribution in [0.25, 0.3) is 0 Å². The van der Waals surface area contributed by atoms with Crippen molar-refractivity contribution in [2.75, 3.05) is 5.32 Å². The van der Waals surface area contributed by atoms with Crippen molar-refractivity contribution in [3.8, 4) is 0 Å². The van der Waals surface area contributed by atoms with Crippen LogP contribution in [0.1, 0.15) is 0 Å². The van der Waals surface area contributed by atoms with Gasteiger partial charge in [0.1, 0.15) is 5.69 Å². The summed E-state index contributed by atoms with van der Waals surface area (Å²) in [7, 11) is 0. The molecule has 0 aliphatic heterocycles. The smallest absolute Gasteiger partial charge is 0.293 e. The fourth-order valence-electron chi connectivity index (χ4n) is 1.50. The molecule has 2 aromatic carbocycles. The first-order valence-corrected chi connectivity index (χ1v) is 7.38. The van der Waals surface area contributed by atoms with E-state index in [1.54, 1.807) is 24.3 Å².